The summed E-state index contributed by atoms with van der Waals surface area (Å²) in [5.41, 5.74) is 9.93. The molecule has 5 nitrogen and oxygen atoms in total. The van der Waals surface area contributed by atoms with E-state index < -0.39 is 0 Å². The molecule has 2 rings (SSSR count). The maximum Gasteiger partial charge on any atom is 0.0475 e. The van der Waals surface area contributed by atoms with E-state index in [1.807, 2.05) is 0 Å². The van der Waals surface area contributed by atoms with Crippen molar-refractivity contribution in [1.29, 1.82) is 0 Å². The average Bonchev–Trinajstić information content (AvgIpc) is 2.37. The van der Waals surface area contributed by atoms with Gasteiger partial charge in [-0.05, 0) is 40.4 Å². The zero-order valence-electron chi connectivity index (χ0n) is 12.2. The number of piperazine rings is 1. The van der Waals surface area contributed by atoms with Crippen LogP contribution < -0.4 is 11.2 Å². The Morgan fingerprint density at radius 3 is 2.39 bits per heavy atom. The van der Waals surface area contributed by atoms with Gasteiger partial charge in [-0.25, -0.2) is 10.4 Å². The molecule has 2 aliphatic rings. The van der Waals surface area contributed by atoms with E-state index in [0.29, 0.717) is 6.04 Å². The smallest absolute Gasteiger partial charge is 0.0475 e. The van der Waals surface area contributed by atoms with Crippen LogP contribution >= 0.6 is 0 Å². The molecular weight excluding hydrogens is 226 g/mol. The first-order valence-corrected chi connectivity index (χ1v) is 7.16. The lowest BCUT2D eigenvalue weighted by molar-refractivity contribution is 0.0139. The molecule has 0 bridgehead atoms. The van der Waals surface area contributed by atoms with Gasteiger partial charge in [-0.15, -0.1) is 0 Å². The van der Waals surface area contributed by atoms with Gasteiger partial charge >= 0.3 is 0 Å². The monoisotopic (exact) mass is 255 g/mol. The Hall–Kier alpha value is -0.200. The fourth-order valence-corrected chi connectivity index (χ4v) is 3.02. The summed E-state index contributed by atoms with van der Waals surface area (Å²) < 4.78 is 0. The Labute approximate surface area is 111 Å². The van der Waals surface area contributed by atoms with Gasteiger partial charge in [0.05, 0.1) is 0 Å². The van der Waals surface area contributed by atoms with Gasteiger partial charge in [0, 0.05) is 44.3 Å². The highest BCUT2D eigenvalue weighted by atomic mass is 15.6. The van der Waals surface area contributed by atoms with Crippen molar-refractivity contribution >= 4 is 0 Å². The van der Waals surface area contributed by atoms with Crippen LogP contribution in [0.1, 0.15) is 19.8 Å². The Morgan fingerprint density at radius 2 is 1.83 bits per heavy atom. The number of nitrogens with two attached hydrogens (primary N) is 1. The van der Waals surface area contributed by atoms with Crippen LogP contribution in [0.4, 0.5) is 0 Å². The van der Waals surface area contributed by atoms with Gasteiger partial charge in [0.15, 0.2) is 0 Å². The minimum absolute atomic E-state index is 0.113. The van der Waals surface area contributed by atoms with E-state index in [-0.39, 0.29) is 5.54 Å². The van der Waals surface area contributed by atoms with Crippen LogP contribution in [0.5, 0.6) is 0 Å². The van der Waals surface area contributed by atoms with Crippen LogP contribution in [0, 0.1) is 0 Å². The highest BCUT2D eigenvalue weighted by molar-refractivity contribution is 4.96. The maximum absolute atomic E-state index is 6.07. The van der Waals surface area contributed by atoms with Crippen molar-refractivity contribution in [1.82, 2.24) is 20.2 Å². The molecule has 0 radical (unpaired) electrons. The van der Waals surface area contributed by atoms with Crippen LogP contribution in [-0.4, -0.2) is 79.8 Å². The lowest BCUT2D eigenvalue weighted by Gasteiger charge is -2.48. The van der Waals surface area contributed by atoms with E-state index in [2.05, 4.69) is 41.3 Å². The summed E-state index contributed by atoms with van der Waals surface area (Å²) in [6, 6.07) is 0.613. The molecule has 0 aromatic carbocycles. The molecule has 0 saturated carbocycles. The number of hydrogen-bond donors (Lipinski definition) is 2. The van der Waals surface area contributed by atoms with Crippen LogP contribution in [0.15, 0.2) is 0 Å². The summed E-state index contributed by atoms with van der Waals surface area (Å²) in [6.45, 7) is 8.66. The van der Waals surface area contributed by atoms with Gasteiger partial charge in [0.2, 0.25) is 0 Å². The highest BCUT2D eigenvalue weighted by Crippen LogP contribution is 2.25. The van der Waals surface area contributed by atoms with Crippen molar-refractivity contribution in [2.75, 3.05) is 53.4 Å². The molecule has 0 aromatic rings. The SMILES string of the molecule is CC1CC(CN)(NN2CCN(C)CC2)CCN1C. The van der Waals surface area contributed by atoms with Gasteiger partial charge in [-0.1, -0.05) is 0 Å². The zero-order valence-corrected chi connectivity index (χ0v) is 12.2. The predicted octanol–water partition coefficient (Wildman–Crippen LogP) is -0.450. The third kappa shape index (κ3) is 3.22. The van der Waals surface area contributed by atoms with Crippen molar-refractivity contribution in [3.05, 3.63) is 0 Å². The first kappa shape index (κ1) is 14.2. The largest absolute Gasteiger partial charge is 0.329 e. The molecule has 0 spiro atoms. The summed E-state index contributed by atoms with van der Waals surface area (Å²) in [5, 5.41) is 2.38. The second kappa shape index (κ2) is 5.84. The molecule has 0 amide bonds. The zero-order chi connectivity index (χ0) is 13.2. The Kier molecular flexibility index (Phi) is 4.61. The number of likely N-dealkylation sites (N-methyl/N-ethyl adjacent to an activating group) is 1. The highest BCUT2D eigenvalue weighted by Gasteiger charge is 2.37. The summed E-state index contributed by atoms with van der Waals surface area (Å²) in [4.78, 5) is 4.81. The average molecular weight is 255 g/mol. The number of hydrazine groups is 1. The lowest BCUT2D eigenvalue weighted by Crippen LogP contribution is -2.66. The van der Waals surface area contributed by atoms with E-state index in [0.717, 1.165) is 52.1 Å². The minimum Gasteiger partial charge on any atom is -0.329 e. The Balaban J connectivity index is 1.92. The van der Waals surface area contributed by atoms with Crippen LogP contribution in [0.25, 0.3) is 0 Å². The first-order chi connectivity index (χ1) is 8.54. The molecule has 18 heavy (non-hydrogen) atoms. The summed E-state index contributed by atoms with van der Waals surface area (Å²) in [7, 11) is 4.40. The quantitative estimate of drug-likeness (QED) is 0.715. The standard InChI is InChI=1S/C13H29N5/c1-12-10-13(11-14,4-5-17(12)3)15-18-8-6-16(2)7-9-18/h12,15H,4-11,14H2,1-3H3. The van der Waals surface area contributed by atoms with Gasteiger partial charge < -0.3 is 15.5 Å². The lowest BCUT2D eigenvalue weighted by atomic mass is 9.84. The summed E-state index contributed by atoms with van der Waals surface area (Å²) >= 11 is 0. The van der Waals surface area contributed by atoms with E-state index in [1.165, 1.54) is 0 Å². The third-order valence-corrected chi connectivity index (χ3v) is 4.67. The molecule has 0 aliphatic carbocycles. The molecule has 106 valence electrons. The van der Waals surface area contributed by atoms with Crippen molar-refractivity contribution in [2.24, 2.45) is 5.73 Å². The van der Waals surface area contributed by atoms with Crippen LogP contribution in [0.3, 0.4) is 0 Å². The Bertz CT molecular complexity index is 264. The summed E-state index contributed by atoms with van der Waals surface area (Å²) in [5.74, 6) is 0. The van der Waals surface area contributed by atoms with Gasteiger partial charge in [0.25, 0.3) is 0 Å². The second-order valence-electron chi connectivity index (χ2n) is 6.17. The molecule has 2 heterocycles. The third-order valence-electron chi connectivity index (χ3n) is 4.67. The molecule has 2 saturated heterocycles. The fraction of sp³-hybridized carbons (Fsp3) is 1.00. The van der Waals surface area contributed by atoms with Crippen molar-refractivity contribution in [3.63, 3.8) is 0 Å². The van der Waals surface area contributed by atoms with Crippen molar-refractivity contribution in [3.8, 4) is 0 Å². The molecule has 5 heteroatoms. The molecular formula is C13H29N5. The molecule has 2 fully saturated rings. The van der Waals surface area contributed by atoms with E-state index in [4.69, 9.17) is 5.73 Å². The normalized spacial score (nSPS) is 37.0. The maximum atomic E-state index is 6.07. The van der Waals surface area contributed by atoms with Crippen LogP contribution in [-0.2, 0) is 0 Å². The minimum atomic E-state index is 0.113. The van der Waals surface area contributed by atoms with Gasteiger partial charge in [-0.3, -0.25) is 0 Å². The van der Waals surface area contributed by atoms with E-state index in [1.54, 1.807) is 0 Å². The number of hydrogen-bond acceptors (Lipinski definition) is 5. The number of nitrogens with zero attached hydrogens (tertiary/aromatic N) is 3. The molecule has 2 aliphatic heterocycles. The first-order valence-electron chi connectivity index (χ1n) is 7.16. The van der Waals surface area contributed by atoms with Crippen LogP contribution in [0.2, 0.25) is 0 Å². The second-order valence-corrected chi connectivity index (χ2v) is 6.17. The number of piperidine rings is 1. The number of rotatable bonds is 3. The van der Waals surface area contributed by atoms with Gasteiger partial charge in [0.1, 0.15) is 0 Å². The Morgan fingerprint density at radius 1 is 1.17 bits per heavy atom. The van der Waals surface area contributed by atoms with Crippen molar-refractivity contribution < 1.29 is 0 Å². The summed E-state index contributed by atoms with van der Waals surface area (Å²) in [6.07, 6.45) is 2.29. The molecule has 3 N–H and O–H groups in total. The predicted molar refractivity (Wildman–Crippen MR) is 75.3 cm³/mol. The fourth-order valence-electron chi connectivity index (χ4n) is 3.02. The molecule has 2 unspecified atom stereocenters. The van der Waals surface area contributed by atoms with Gasteiger partial charge in [-0.2, -0.15) is 0 Å². The molecule has 2 atom stereocenters. The van der Waals surface area contributed by atoms with Crippen molar-refractivity contribution in [2.45, 2.75) is 31.3 Å². The molecule has 0 aromatic heterocycles. The van der Waals surface area contributed by atoms with E-state index >= 15 is 0 Å². The number of likely N-dealkylation sites (tertiary alicyclic amines) is 1. The van der Waals surface area contributed by atoms with E-state index in [9.17, 15) is 0 Å². The topological polar surface area (TPSA) is 47.8 Å². The number of nitrogens with one attached hydrogen (secondary N) is 1.